The second kappa shape index (κ2) is 4.69. The molecule has 0 heterocycles. The van der Waals surface area contributed by atoms with E-state index < -0.39 is 41.1 Å². The molecule has 0 aliphatic carbocycles. The van der Waals surface area contributed by atoms with E-state index in [9.17, 15) is 17.6 Å². The lowest BCUT2D eigenvalue weighted by Crippen LogP contribution is -2.29. The first-order valence-electron chi connectivity index (χ1n) is 4.62. The quantitative estimate of drug-likeness (QED) is 0.625. The Morgan fingerprint density at radius 2 is 1.50 bits per heavy atom. The predicted molar refractivity (Wildman–Crippen MR) is 51.0 cm³/mol. The Bertz CT molecular complexity index is 369. The van der Waals surface area contributed by atoms with Gasteiger partial charge in [-0.15, -0.1) is 0 Å². The zero-order valence-corrected chi connectivity index (χ0v) is 8.69. The van der Waals surface area contributed by atoms with Gasteiger partial charge in [-0.05, 0) is 13.8 Å². The summed E-state index contributed by atoms with van der Waals surface area (Å²) in [5, 5.41) is 11.3. The smallest absolute Gasteiger partial charge is 0.185 e. The second-order valence-electron chi connectivity index (χ2n) is 3.52. The SMILES string of the molecule is CC(O)C(C)Nc1c(F)c(F)cc(F)c1F. The Hall–Kier alpha value is -1.30. The van der Waals surface area contributed by atoms with Gasteiger partial charge < -0.3 is 10.4 Å². The van der Waals surface area contributed by atoms with E-state index in [1.165, 1.54) is 13.8 Å². The average molecular weight is 237 g/mol. The van der Waals surface area contributed by atoms with Gasteiger partial charge in [0.2, 0.25) is 0 Å². The van der Waals surface area contributed by atoms with Crippen LogP contribution in [0.1, 0.15) is 13.8 Å². The van der Waals surface area contributed by atoms with Crippen molar-refractivity contribution >= 4 is 5.69 Å². The number of nitrogens with one attached hydrogen (secondary N) is 1. The van der Waals surface area contributed by atoms with E-state index in [1.54, 1.807) is 0 Å². The molecule has 2 unspecified atom stereocenters. The second-order valence-corrected chi connectivity index (χ2v) is 3.52. The maximum absolute atomic E-state index is 13.1. The van der Waals surface area contributed by atoms with Crippen LogP contribution in [0.4, 0.5) is 23.2 Å². The third-order valence-corrected chi connectivity index (χ3v) is 2.21. The van der Waals surface area contributed by atoms with E-state index in [4.69, 9.17) is 5.11 Å². The molecule has 0 spiro atoms. The van der Waals surface area contributed by atoms with Crippen molar-refractivity contribution in [3.05, 3.63) is 29.3 Å². The van der Waals surface area contributed by atoms with Crippen LogP contribution in [0, 0.1) is 23.3 Å². The summed E-state index contributed by atoms with van der Waals surface area (Å²) >= 11 is 0. The summed E-state index contributed by atoms with van der Waals surface area (Å²) in [6.45, 7) is 2.80. The van der Waals surface area contributed by atoms with Gasteiger partial charge in [-0.1, -0.05) is 0 Å². The summed E-state index contributed by atoms with van der Waals surface area (Å²) in [7, 11) is 0. The van der Waals surface area contributed by atoms with Crippen LogP contribution in [0.15, 0.2) is 6.07 Å². The lowest BCUT2D eigenvalue weighted by Gasteiger charge is -2.19. The van der Waals surface area contributed by atoms with E-state index in [0.29, 0.717) is 0 Å². The molecule has 0 aromatic heterocycles. The van der Waals surface area contributed by atoms with Crippen LogP contribution in [0.2, 0.25) is 0 Å². The molecule has 2 N–H and O–H groups in total. The molecule has 0 amide bonds. The molecule has 0 radical (unpaired) electrons. The Morgan fingerprint density at radius 3 is 1.88 bits per heavy atom. The van der Waals surface area contributed by atoms with Crippen LogP contribution in [0.25, 0.3) is 0 Å². The minimum absolute atomic E-state index is 0.128. The largest absolute Gasteiger partial charge is 0.391 e. The molecule has 6 heteroatoms. The van der Waals surface area contributed by atoms with E-state index >= 15 is 0 Å². The van der Waals surface area contributed by atoms with Crippen LogP contribution < -0.4 is 5.32 Å². The normalized spacial score (nSPS) is 14.7. The Balaban J connectivity index is 3.12. The van der Waals surface area contributed by atoms with Gasteiger partial charge in [-0.2, -0.15) is 0 Å². The highest BCUT2D eigenvalue weighted by atomic mass is 19.2. The summed E-state index contributed by atoms with van der Waals surface area (Å²) in [5.41, 5.74) is -0.911. The lowest BCUT2D eigenvalue weighted by atomic mass is 10.2. The van der Waals surface area contributed by atoms with Gasteiger partial charge in [0.15, 0.2) is 23.3 Å². The van der Waals surface area contributed by atoms with E-state index in [2.05, 4.69) is 5.32 Å². The molecule has 90 valence electrons. The number of aliphatic hydroxyl groups is 1. The van der Waals surface area contributed by atoms with Gasteiger partial charge in [-0.25, -0.2) is 17.6 Å². The molecule has 0 bridgehead atoms. The fraction of sp³-hybridized carbons (Fsp3) is 0.400. The molecular weight excluding hydrogens is 226 g/mol. The van der Waals surface area contributed by atoms with Crippen molar-refractivity contribution in [1.82, 2.24) is 0 Å². The van der Waals surface area contributed by atoms with E-state index in [0.717, 1.165) is 0 Å². The minimum Gasteiger partial charge on any atom is -0.391 e. The summed E-state index contributed by atoms with van der Waals surface area (Å²) < 4.78 is 51.9. The fourth-order valence-corrected chi connectivity index (χ4v) is 1.05. The van der Waals surface area contributed by atoms with Crippen molar-refractivity contribution in [2.75, 3.05) is 5.32 Å². The van der Waals surface area contributed by atoms with Gasteiger partial charge in [-0.3, -0.25) is 0 Å². The summed E-state index contributed by atoms with van der Waals surface area (Å²) in [4.78, 5) is 0. The molecule has 1 rings (SSSR count). The van der Waals surface area contributed by atoms with Crippen LogP contribution in [-0.2, 0) is 0 Å². The number of rotatable bonds is 3. The monoisotopic (exact) mass is 237 g/mol. The third-order valence-electron chi connectivity index (χ3n) is 2.21. The molecule has 0 aliphatic rings. The lowest BCUT2D eigenvalue weighted by molar-refractivity contribution is 0.177. The molecule has 0 fully saturated rings. The number of benzene rings is 1. The molecule has 0 saturated carbocycles. The molecule has 16 heavy (non-hydrogen) atoms. The Labute approximate surface area is 89.9 Å². The molecule has 2 nitrogen and oxygen atoms in total. The highest BCUT2D eigenvalue weighted by Gasteiger charge is 2.21. The van der Waals surface area contributed by atoms with Crippen molar-refractivity contribution < 1.29 is 22.7 Å². The van der Waals surface area contributed by atoms with Crippen molar-refractivity contribution in [3.8, 4) is 0 Å². The highest BCUT2D eigenvalue weighted by Crippen LogP contribution is 2.25. The summed E-state index contributed by atoms with van der Waals surface area (Å²) in [6, 6.07) is -0.617. The van der Waals surface area contributed by atoms with Crippen LogP contribution in [-0.4, -0.2) is 17.3 Å². The minimum atomic E-state index is -1.51. The molecule has 1 aromatic carbocycles. The maximum Gasteiger partial charge on any atom is 0.185 e. The number of aliphatic hydroxyl groups excluding tert-OH is 1. The first kappa shape index (κ1) is 12.8. The van der Waals surface area contributed by atoms with Gasteiger partial charge in [0.1, 0.15) is 5.69 Å². The summed E-state index contributed by atoms with van der Waals surface area (Å²) in [6.07, 6.45) is -0.926. The topological polar surface area (TPSA) is 32.3 Å². The van der Waals surface area contributed by atoms with Crippen LogP contribution >= 0.6 is 0 Å². The van der Waals surface area contributed by atoms with Crippen LogP contribution in [0.3, 0.4) is 0 Å². The van der Waals surface area contributed by atoms with Gasteiger partial charge in [0.25, 0.3) is 0 Å². The van der Waals surface area contributed by atoms with E-state index in [-0.39, 0.29) is 6.07 Å². The Kier molecular flexibility index (Phi) is 3.74. The summed E-state index contributed by atoms with van der Waals surface area (Å²) in [5.74, 6) is -5.99. The number of halogens is 4. The van der Waals surface area contributed by atoms with Gasteiger partial charge >= 0.3 is 0 Å². The standard InChI is InChI=1S/C10H11F4NO/c1-4(5(2)16)15-10-8(13)6(11)3-7(12)9(10)14/h3-5,15-16H,1-2H3. The zero-order chi connectivity index (χ0) is 12.5. The van der Waals surface area contributed by atoms with Gasteiger partial charge in [0.05, 0.1) is 6.10 Å². The molecule has 0 saturated heterocycles. The number of hydrogen-bond acceptors (Lipinski definition) is 2. The number of anilines is 1. The Morgan fingerprint density at radius 1 is 1.06 bits per heavy atom. The van der Waals surface area contributed by atoms with Crippen molar-refractivity contribution in [3.63, 3.8) is 0 Å². The molecule has 2 atom stereocenters. The van der Waals surface area contributed by atoms with E-state index in [1.807, 2.05) is 0 Å². The van der Waals surface area contributed by atoms with Crippen molar-refractivity contribution in [2.24, 2.45) is 0 Å². The first-order valence-corrected chi connectivity index (χ1v) is 4.62. The van der Waals surface area contributed by atoms with Crippen LogP contribution in [0.5, 0.6) is 0 Å². The predicted octanol–water partition coefficient (Wildman–Crippen LogP) is 2.42. The maximum atomic E-state index is 13.1. The highest BCUT2D eigenvalue weighted by molar-refractivity contribution is 5.48. The molecule has 1 aromatic rings. The molecule has 0 aliphatic heterocycles. The average Bonchev–Trinajstić information content (AvgIpc) is 2.21. The van der Waals surface area contributed by atoms with Crippen molar-refractivity contribution in [1.29, 1.82) is 0 Å². The number of hydrogen-bond donors (Lipinski definition) is 2. The van der Waals surface area contributed by atoms with Gasteiger partial charge in [0, 0.05) is 12.1 Å². The van der Waals surface area contributed by atoms with Crippen molar-refractivity contribution in [2.45, 2.75) is 26.0 Å². The fourth-order valence-electron chi connectivity index (χ4n) is 1.05. The third kappa shape index (κ3) is 2.44. The zero-order valence-electron chi connectivity index (χ0n) is 8.69. The first-order chi connectivity index (χ1) is 7.34. The molecular formula is C10H11F4NO.